The van der Waals surface area contributed by atoms with E-state index in [1.54, 1.807) is 29.2 Å². The van der Waals surface area contributed by atoms with E-state index >= 15 is 0 Å². The van der Waals surface area contributed by atoms with Gasteiger partial charge in [0, 0.05) is 18.7 Å². The Labute approximate surface area is 174 Å². The van der Waals surface area contributed by atoms with Crippen molar-refractivity contribution >= 4 is 11.9 Å². The Hall–Kier alpha value is -2.66. The zero-order valence-electron chi connectivity index (χ0n) is 17.5. The maximum atomic E-state index is 11.8. The van der Waals surface area contributed by atoms with Crippen molar-refractivity contribution in [3.05, 3.63) is 71.8 Å². The van der Waals surface area contributed by atoms with Gasteiger partial charge in [0.15, 0.2) is 0 Å². The lowest BCUT2D eigenvalue weighted by Gasteiger charge is -2.19. The van der Waals surface area contributed by atoms with E-state index in [0.717, 1.165) is 12.8 Å². The van der Waals surface area contributed by atoms with E-state index in [1.165, 1.54) is 12.8 Å². The third-order valence-corrected chi connectivity index (χ3v) is 4.30. The highest BCUT2D eigenvalue weighted by atomic mass is 16.5. The van der Waals surface area contributed by atoms with Gasteiger partial charge in [0.25, 0.3) is 5.91 Å². The van der Waals surface area contributed by atoms with Crippen LogP contribution in [0, 0.1) is 0 Å². The number of hydrogen-bond donors (Lipinski definition) is 1. The maximum absolute atomic E-state index is 11.8. The molecule has 0 spiro atoms. The standard InChI is InChI=1S/C13H18O2.C11H15NO2/c1-2-3-4-8-11-15-13(14)12-9-6-5-7-10-12;1-2-12(8-9-13)11(14)10-6-4-3-5-7-10/h5-7,9-10H,2-4,8,11H2,1H3;3-7,13H,2,8-9H2,1H3. The van der Waals surface area contributed by atoms with E-state index in [4.69, 9.17) is 9.84 Å². The number of ether oxygens (including phenoxy) is 1. The van der Waals surface area contributed by atoms with Gasteiger partial charge < -0.3 is 14.7 Å². The Morgan fingerprint density at radius 3 is 1.97 bits per heavy atom. The van der Waals surface area contributed by atoms with Crippen molar-refractivity contribution in [2.24, 2.45) is 0 Å². The minimum absolute atomic E-state index is 0.00636. The average Bonchev–Trinajstić information content (AvgIpc) is 2.78. The van der Waals surface area contributed by atoms with Crippen LogP contribution in [0.15, 0.2) is 60.7 Å². The molecule has 2 rings (SSSR count). The van der Waals surface area contributed by atoms with Crippen molar-refractivity contribution in [3.8, 4) is 0 Å². The molecule has 0 aliphatic carbocycles. The molecule has 0 aliphatic heterocycles. The summed E-state index contributed by atoms with van der Waals surface area (Å²) in [5.74, 6) is -0.241. The molecule has 0 unspecified atom stereocenters. The van der Waals surface area contributed by atoms with Gasteiger partial charge in [-0.25, -0.2) is 4.79 Å². The first-order chi connectivity index (χ1) is 14.1. The summed E-state index contributed by atoms with van der Waals surface area (Å²) in [4.78, 5) is 24.9. The molecule has 2 aromatic carbocycles. The Kier molecular flexibility index (Phi) is 12.8. The number of benzene rings is 2. The molecular weight excluding hydrogens is 366 g/mol. The van der Waals surface area contributed by atoms with Crippen LogP contribution in [0.2, 0.25) is 0 Å². The molecule has 0 atom stereocenters. The van der Waals surface area contributed by atoms with Crippen LogP contribution in [0.5, 0.6) is 0 Å². The zero-order chi connectivity index (χ0) is 21.3. The molecule has 158 valence electrons. The molecule has 29 heavy (non-hydrogen) atoms. The predicted molar refractivity (Wildman–Crippen MR) is 116 cm³/mol. The van der Waals surface area contributed by atoms with Gasteiger partial charge >= 0.3 is 5.97 Å². The van der Waals surface area contributed by atoms with E-state index in [1.807, 2.05) is 43.3 Å². The van der Waals surface area contributed by atoms with Gasteiger partial charge in [0.05, 0.1) is 18.8 Å². The topological polar surface area (TPSA) is 66.8 Å². The molecule has 0 bridgehead atoms. The highest BCUT2D eigenvalue weighted by Gasteiger charge is 2.12. The van der Waals surface area contributed by atoms with E-state index in [9.17, 15) is 9.59 Å². The van der Waals surface area contributed by atoms with Gasteiger partial charge in [-0.15, -0.1) is 0 Å². The molecule has 5 heteroatoms. The first-order valence-electron chi connectivity index (χ1n) is 10.3. The Bertz CT molecular complexity index is 689. The molecule has 0 heterocycles. The van der Waals surface area contributed by atoms with Crippen LogP contribution in [0.4, 0.5) is 0 Å². The van der Waals surface area contributed by atoms with Gasteiger partial charge in [-0.1, -0.05) is 62.6 Å². The second-order valence-electron chi connectivity index (χ2n) is 6.54. The van der Waals surface area contributed by atoms with Crippen molar-refractivity contribution < 1.29 is 19.4 Å². The van der Waals surface area contributed by atoms with E-state index in [2.05, 4.69) is 6.92 Å². The number of carbonyl (C=O) groups is 2. The normalized spacial score (nSPS) is 9.90. The summed E-state index contributed by atoms with van der Waals surface area (Å²) in [6.45, 7) is 5.62. The minimum Gasteiger partial charge on any atom is -0.462 e. The summed E-state index contributed by atoms with van der Waals surface area (Å²) < 4.78 is 5.14. The van der Waals surface area contributed by atoms with Gasteiger partial charge in [-0.3, -0.25) is 4.79 Å². The second-order valence-corrected chi connectivity index (χ2v) is 6.54. The number of carbonyl (C=O) groups excluding carboxylic acids is 2. The van der Waals surface area contributed by atoms with E-state index in [0.29, 0.717) is 30.8 Å². The fourth-order valence-electron chi connectivity index (χ4n) is 2.64. The maximum Gasteiger partial charge on any atom is 0.338 e. The number of hydrogen-bond acceptors (Lipinski definition) is 4. The summed E-state index contributed by atoms with van der Waals surface area (Å²) in [5.41, 5.74) is 1.30. The number of amides is 1. The number of esters is 1. The van der Waals surface area contributed by atoms with E-state index in [-0.39, 0.29) is 18.5 Å². The average molecular weight is 400 g/mol. The summed E-state index contributed by atoms with van der Waals surface area (Å²) >= 11 is 0. The number of rotatable bonds is 10. The smallest absolute Gasteiger partial charge is 0.338 e. The van der Waals surface area contributed by atoms with Crippen LogP contribution >= 0.6 is 0 Å². The van der Waals surface area contributed by atoms with Gasteiger partial charge in [-0.05, 0) is 37.6 Å². The monoisotopic (exact) mass is 399 g/mol. The SMILES string of the molecule is CCCCCCOC(=O)c1ccccc1.CCN(CCO)C(=O)c1ccccc1. The van der Waals surface area contributed by atoms with Crippen LogP contribution in [-0.2, 0) is 4.74 Å². The second kappa shape index (κ2) is 15.3. The third kappa shape index (κ3) is 9.90. The molecule has 0 saturated carbocycles. The van der Waals surface area contributed by atoms with Crippen LogP contribution in [0.1, 0.15) is 60.2 Å². The van der Waals surface area contributed by atoms with Crippen LogP contribution in [0.25, 0.3) is 0 Å². The van der Waals surface area contributed by atoms with Gasteiger partial charge in [0.2, 0.25) is 0 Å². The lowest BCUT2D eigenvalue weighted by atomic mass is 10.2. The van der Waals surface area contributed by atoms with Crippen LogP contribution in [0.3, 0.4) is 0 Å². The molecule has 0 radical (unpaired) electrons. The minimum atomic E-state index is -0.216. The quantitative estimate of drug-likeness (QED) is 0.470. The fraction of sp³-hybridized carbons (Fsp3) is 0.417. The zero-order valence-corrected chi connectivity index (χ0v) is 17.5. The summed E-state index contributed by atoms with van der Waals surface area (Å²) in [5, 5.41) is 8.77. The van der Waals surface area contributed by atoms with Crippen LogP contribution in [-0.4, -0.2) is 48.2 Å². The molecule has 2 aromatic rings. The van der Waals surface area contributed by atoms with Crippen molar-refractivity contribution in [2.45, 2.75) is 39.5 Å². The number of aliphatic hydroxyl groups is 1. The Balaban J connectivity index is 0.000000291. The molecule has 0 fully saturated rings. The van der Waals surface area contributed by atoms with Crippen molar-refractivity contribution in [1.82, 2.24) is 4.90 Å². The molecule has 0 aromatic heterocycles. The van der Waals surface area contributed by atoms with E-state index < -0.39 is 0 Å². The molecule has 5 nitrogen and oxygen atoms in total. The highest BCUT2D eigenvalue weighted by molar-refractivity contribution is 5.94. The number of likely N-dealkylation sites (N-methyl/N-ethyl adjacent to an activating group) is 1. The molecular formula is C24H33NO4. The van der Waals surface area contributed by atoms with Crippen LogP contribution < -0.4 is 0 Å². The number of aliphatic hydroxyl groups excluding tert-OH is 1. The number of unbranched alkanes of at least 4 members (excludes halogenated alkanes) is 3. The Morgan fingerprint density at radius 1 is 0.862 bits per heavy atom. The van der Waals surface area contributed by atoms with Crippen molar-refractivity contribution in [1.29, 1.82) is 0 Å². The summed E-state index contributed by atoms with van der Waals surface area (Å²) in [6.07, 6.45) is 4.51. The predicted octanol–water partition coefficient (Wildman–Crippen LogP) is 4.56. The first-order valence-corrected chi connectivity index (χ1v) is 10.3. The molecule has 1 N–H and O–H groups in total. The van der Waals surface area contributed by atoms with Crippen molar-refractivity contribution in [2.75, 3.05) is 26.3 Å². The Morgan fingerprint density at radius 2 is 1.45 bits per heavy atom. The van der Waals surface area contributed by atoms with Gasteiger partial charge in [0.1, 0.15) is 0 Å². The number of nitrogens with zero attached hydrogens (tertiary/aromatic N) is 1. The molecule has 0 saturated heterocycles. The molecule has 1 amide bonds. The fourth-order valence-corrected chi connectivity index (χ4v) is 2.64. The molecule has 0 aliphatic rings. The first kappa shape index (κ1) is 24.4. The lowest BCUT2D eigenvalue weighted by molar-refractivity contribution is 0.0497. The lowest BCUT2D eigenvalue weighted by Crippen LogP contribution is -2.33. The van der Waals surface area contributed by atoms with Gasteiger partial charge in [-0.2, -0.15) is 0 Å². The van der Waals surface area contributed by atoms with Crippen molar-refractivity contribution in [3.63, 3.8) is 0 Å². The summed E-state index contributed by atoms with van der Waals surface area (Å²) in [7, 11) is 0. The highest BCUT2D eigenvalue weighted by Crippen LogP contribution is 2.04. The largest absolute Gasteiger partial charge is 0.462 e. The third-order valence-electron chi connectivity index (χ3n) is 4.30. The summed E-state index contributed by atoms with van der Waals surface area (Å²) in [6, 6.07) is 18.2.